The second kappa shape index (κ2) is 13.6. The Kier molecular flexibility index (Phi) is 11.6. The van der Waals surface area contributed by atoms with Crippen molar-refractivity contribution in [2.24, 2.45) is 10.9 Å². The number of halogens is 1. The molecule has 1 amide bonds. The highest BCUT2D eigenvalue weighted by Gasteiger charge is 2.25. The Balaban J connectivity index is 0.00000341. The molecule has 3 rings (SSSR count). The number of thiophene rings is 1. The van der Waals surface area contributed by atoms with Crippen molar-refractivity contribution in [2.45, 2.75) is 32.7 Å². The Morgan fingerprint density at radius 2 is 1.90 bits per heavy atom. The van der Waals surface area contributed by atoms with Gasteiger partial charge in [0, 0.05) is 64.7 Å². The average Bonchev–Trinajstić information content (AvgIpc) is 3.28. The predicted octanol–water partition coefficient (Wildman–Crippen LogP) is 2.47. The van der Waals surface area contributed by atoms with Gasteiger partial charge in [-0.3, -0.25) is 19.6 Å². The van der Waals surface area contributed by atoms with Crippen LogP contribution in [-0.2, 0) is 4.79 Å². The van der Waals surface area contributed by atoms with Crippen molar-refractivity contribution in [1.82, 2.24) is 25.3 Å². The summed E-state index contributed by atoms with van der Waals surface area (Å²) in [5, 5.41) is 9.20. The zero-order valence-corrected chi connectivity index (χ0v) is 22.3. The van der Waals surface area contributed by atoms with Crippen LogP contribution < -0.4 is 10.6 Å². The molecule has 0 saturated carbocycles. The molecule has 1 unspecified atom stereocenters. The molecule has 0 aromatic carbocycles. The smallest absolute Gasteiger partial charge is 0.219 e. The van der Waals surface area contributed by atoms with Gasteiger partial charge in [-0.1, -0.05) is 13.0 Å². The molecule has 2 fully saturated rings. The number of nitrogens with one attached hydrogen (secondary N) is 2. The van der Waals surface area contributed by atoms with Crippen molar-refractivity contribution >= 4 is 47.2 Å². The van der Waals surface area contributed by atoms with Gasteiger partial charge in [0.25, 0.3) is 0 Å². The molecule has 3 heterocycles. The van der Waals surface area contributed by atoms with Gasteiger partial charge >= 0.3 is 0 Å². The molecule has 1 atom stereocenters. The number of nitrogens with zero attached hydrogens (tertiary/aromatic N) is 4. The van der Waals surface area contributed by atoms with Crippen LogP contribution >= 0.6 is 35.3 Å². The number of aliphatic imine (C=N–C) groups is 1. The lowest BCUT2D eigenvalue weighted by Gasteiger charge is -2.36. The fraction of sp³-hybridized carbons (Fsp3) is 0.727. The summed E-state index contributed by atoms with van der Waals surface area (Å²) < 4.78 is 0. The molecule has 2 N–H and O–H groups in total. The van der Waals surface area contributed by atoms with Crippen LogP contribution in [-0.4, -0.2) is 92.5 Å². The normalized spacial score (nSPS) is 20.2. The summed E-state index contributed by atoms with van der Waals surface area (Å²) in [4.78, 5) is 24.3. The SMILES string of the molecule is CN=C(NCCN1CCN(C(C)=O)CC1)NCC(c1cccs1)N1CCC(C)CC1.I. The molecule has 0 bridgehead atoms. The van der Waals surface area contributed by atoms with Gasteiger partial charge in [0.15, 0.2) is 5.96 Å². The van der Waals surface area contributed by atoms with Gasteiger partial charge < -0.3 is 15.5 Å². The van der Waals surface area contributed by atoms with Crippen LogP contribution in [0.5, 0.6) is 0 Å². The molecule has 31 heavy (non-hydrogen) atoms. The van der Waals surface area contributed by atoms with E-state index in [0.717, 1.165) is 57.7 Å². The number of hydrogen-bond donors (Lipinski definition) is 2. The summed E-state index contributed by atoms with van der Waals surface area (Å²) in [5.41, 5.74) is 0. The van der Waals surface area contributed by atoms with Crippen molar-refractivity contribution < 1.29 is 4.79 Å². The third-order valence-electron chi connectivity index (χ3n) is 6.36. The lowest BCUT2D eigenvalue weighted by Crippen LogP contribution is -2.50. The maximum Gasteiger partial charge on any atom is 0.219 e. The van der Waals surface area contributed by atoms with Crippen molar-refractivity contribution in [3.63, 3.8) is 0 Å². The van der Waals surface area contributed by atoms with E-state index in [4.69, 9.17) is 0 Å². The fourth-order valence-electron chi connectivity index (χ4n) is 4.26. The minimum atomic E-state index is 0. The first-order valence-electron chi connectivity index (χ1n) is 11.3. The van der Waals surface area contributed by atoms with Gasteiger partial charge in [0.05, 0.1) is 6.04 Å². The zero-order valence-electron chi connectivity index (χ0n) is 19.2. The van der Waals surface area contributed by atoms with Crippen LogP contribution in [0.25, 0.3) is 0 Å². The van der Waals surface area contributed by atoms with E-state index in [1.807, 2.05) is 23.3 Å². The summed E-state index contributed by atoms with van der Waals surface area (Å²) >= 11 is 1.85. The number of carbonyl (C=O) groups is 1. The number of rotatable bonds is 7. The molecule has 176 valence electrons. The number of amides is 1. The second-order valence-corrected chi connectivity index (χ2v) is 9.46. The monoisotopic (exact) mass is 562 g/mol. The molecular formula is C22H39IN6OS. The van der Waals surface area contributed by atoms with E-state index < -0.39 is 0 Å². The Morgan fingerprint density at radius 1 is 1.19 bits per heavy atom. The molecule has 1 aromatic rings. The summed E-state index contributed by atoms with van der Waals surface area (Å²) in [5.74, 6) is 1.88. The molecule has 0 aliphatic carbocycles. The topological polar surface area (TPSA) is 63.2 Å². The molecule has 2 saturated heterocycles. The van der Waals surface area contributed by atoms with E-state index in [-0.39, 0.29) is 29.9 Å². The highest BCUT2D eigenvalue weighted by atomic mass is 127. The minimum absolute atomic E-state index is 0. The first-order valence-corrected chi connectivity index (χ1v) is 12.1. The molecule has 2 aliphatic heterocycles. The fourth-order valence-corrected chi connectivity index (χ4v) is 5.12. The maximum absolute atomic E-state index is 11.5. The van der Waals surface area contributed by atoms with E-state index in [0.29, 0.717) is 6.04 Å². The molecule has 2 aliphatic rings. The van der Waals surface area contributed by atoms with Crippen LogP contribution in [0.2, 0.25) is 0 Å². The number of likely N-dealkylation sites (tertiary alicyclic amines) is 1. The summed E-state index contributed by atoms with van der Waals surface area (Å²) in [6.45, 7) is 12.6. The highest BCUT2D eigenvalue weighted by molar-refractivity contribution is 14.0. The van der Waals surface area contributed by atoms with Crippen LogP contribution in [0.3, 0.4) is 0 Å². The minimum Gasteiger partial charge on any atom is -0.355 e. The third kappa shape index (κ3) is 8.18. The first-order chi connectivity index (χ1) is 14.6. The number of piperazine rings is 1. The van der Waals surface area contributed by atoms with Gasteiger partial charge in [-0.25, -0.2) is 0 Å². The number of guanidine groups is 1. The van der Waals surface area contributed by atoms with E-state index in [9.17, 15) is 4.79 Å². The maximum atomic E-state index is 11.5. The van der Waals surface area contributed by atoms with Crippen molar-refractivity contribution in [2.75, 3.05) is 66.0 Å². The zero-order chi connectivity index (χ0) is 21.3. The quantitative estimate of drug-likeness (QED) is 0.304. The Bertz CT molecular complexity index is 670. The molecule has 0 spiro atoms. The Labute approximate surface area is 208 Å². The van der Waals surface area contributed by atoms with Crippen LogP contribution in [0.1, 0.15) is 37.6 Å². The van der Waals surface area contributed by atoms with Crippen LogP contribution in [0, 0.1) is 5.92 Å². The molecule has 0 radical (unpaired) electrons. The standard InChI is InChI=1S/C22H38N6OS.HI/c1-18-6-9-28(10-7-18)20(21-5-4-16-30-21)17-25-22(23-3)24-8-11-26-12-14-27(15-13-26)19(2)29;/h4-5,16,18,20H,6-15,17H2,1-3H3,(H2,23,24,25);1H. The Hall–Kier alpha value is -0.910. The van der Waals surface area contributed by atoms with Crippen LogP contribution in [0.15, 0.2) is 22.5 Å². The lowest BCUT2D eigenvalue weighted by molar-refractivity contribution is -0.130. The number of hydrogen-bond acceptors (Lipinski definition) is 5. The van der Waals surface area contributed by atoms with Gasteiger partial charge in [-0.15, -0.1) is 35.3 Å². The lowest BCUT2D eigenvalue weighted by atomic mass is 9.97. The van der Waals surface area contributed by atoms with Crippen molar-refractivity contribution in [1.29, 1.82) is 0 Å². The second-order valence-electron chi connectivity index (χ2n) is 8.48. The largest absolute Gasteiger partial charge is 0.355 e. The van der Waals surface area contributed by atoms with Gasteiger partial charge in [-0.05, 0) is 43.3 Å². The van der Waals surface area contributed by atoms with E-state index in [2.05, 4.69) is 49.9 Å². The summed E-state index contributed by atoms with van der Waals surface area (Å²) in [6.07, 6.45) is 2.57. The van der Waals surface area contributed by atoms with Crippen LogP contribution in [0.4, 0.5) is 0 Å². The third-order valence-corrected chi connectivity index (χ3v) is 7.33. The highest BCUT2D eigenvalue weighted by Crippen LogP contribution is 2.29. The molecular weight excluding hydrogens is 523 g/mol. The number of carbonyl (C=O) groups excluding carboxylic acids is 1. The molecule has 7 nitrogen and oxygen atoms in total. The predicted molar refractivity (Wildman–Crippen MR) is 141 cm³/mol. The average molecular weight is 563 g/mol. The number of piperidine rings is 1. The van der Waals surface area contributed by atoms with Crippen molar-refractivity contribution in [3.05, 3.63) is 22.4 Å². The van der Waals surface area contributed by atoms with Gasteiger partial charge in [0.2, 0.25) is 5.91 Å². The van der Waals surface area contributed by atoms with E-state index >= 15 is 0 Å². The van der Waals surface area contributed by atoms with E-state index in [1.165, 1.54) is 30.8 Å². The van der Waals surface area contributed by atoms with Gasteiger partial charge in [-0.2, -0.15) is 0 Å². The molecule has 9 heteroatoms. The van der Waals surface area contributed by atoms with Gasteiger partial charge in [0.1, 0.15) is 0 Å². The Morgan fingerprint density at radius 3 is 2.48 bits per heavy atom. The summed E-state index contributed by atoms with van der Waals surface area (Å²) in [6, 6.07) is 4.81. The first kappa shape index (κ1) is 26.3. The summed E-state index contributed by atoms with van der Waals surface area (Å²) in [7, 11) is 1.84. The molecule has 1 aromatic heterocycles. The van der Waals surface area contributed by atoms with Crippen molar-refractivity contribution in [3.8, 4) is 0 Å². The van der Waals surface area contributed by atoms with E-state index in [1.54, 1.807) is 6.92 Å².